The summed E-state index contributed by atoms with van der Waals surface area (Å²) in [6, 6.07) is 0. The fraction of sp³-hybridized carbons (Fsp3) is 1.00. The van der Waals surface area contributed by atoms with Crippen molar-refractivity contribution >= 4 is 8.41 Å². The molecule has 13 saturated carbocycles. The largest absolute Gasteiger partial charge is 0.412 e. The Kier molecular flexibility index (Phi) is 113. The Morgan fingerprint density at radius 1 is 0.131 bits per heavy atom. The highest BCUT2D eigenvalue weighted by Crippen LogP contribution is 2.40. The maximum Gasteiger partial charge on any atom is 0.134 e. The first-order chi connectivity index (χ1) is 53.8. The van der Waals surface area contributed by atoms with E-state index in [-0.39, 0.29) is 145 Å². The van der Waals surface area contributed by atoms with Crippen molar-refractivity contribution < 1.29 is 100 Å². The smallest absolute Gasteiger partial charge is 0.134 e. The van der Waals surface area contributed by atoms with Crippen molar-refractivity contribution in [1.29, 1.82) is 0 Å². The lowest BCUT2D eigenvalue weighted by Gasteiger charge is -2.30. The first kappa shape index (κ1) is 163. The van der Waals surface area contributed by atoms with Crippen LogP contribution in [0.25, 0.3) is 0 Å². The van der Waals surface area contributed by atoms with Crippen LogP contribution >= 0.6 is 0 Å². The van der Waals surface area contributed by atoms with Gasteiger partial charge in [0, 0.05) is 29.0 Å². The van der Waals surface area contributed by atoms with Crippen molar-refractivity contribution in [2.75, 3.05) is 0 Å². The van der Waals surface area contributed by atoms with Crippen molar-refractivity contribution in [2.24, 2.45) is 154 Å². The molecule has 19 unspecified atom stereocenters. The Balaban J connectivity index is -0.0000000716. The van der Waals surface area contributed by atoms with E-state index in [9.17, 15) is 48.3 Å². The van der Waals surface area contributed by atoms with Crippen molar-refractivity contribution in [1.82, 2.24) is 0 Å². The van der Waals surface area contributed by atoms with Gasteiger partial charge in [0.15, 0.2) is 0 Å². The number of halogens is 11. The summed E-state index contributed by atoms with van der Waals surface area (Å²) in [4.78, 5) is 0. The van der Waals surface area contributed by atoms with E-state index in [4.69, 9.17) is 0 Å². The van der Waals surface area contributed by atoms with Crippen LogP contribution in [-0.2, 0) is 0 Å². The maximum atomic E-state index is 12.8. The first-order valence-corrected chi connectivity index (χ1v) is 49.8. The molecule has 0 aliphatic heterocycles. The van der Waals surface area contributed by atoms with Gasteiger partial charge in [-0.2, -0.15) is 0 Å². The third kappa shape index (κ3) is 75.8. The number of hydrogen-bond donors (Lipinski definition) is 0. The fourth-order valence-corrected chi connectivity index (χ4v) is 19.0. The Morgan fingerprint density at radius 3 is 0.323 bits per heavy atom. The van der Waals surface area contributed by atoms with Gasteiger partial charge in [-0.15, -0.1) is 0 Å². The van der Waals surface area contributed by atoms with E-state index in [0.29, 0.717) is 74.0 Å². The second-order valence-electron chi connectivity index (χ2n) is 44.2. The molecule has 13 rings (SSSR count). The van der Waals surface area contributed by atoms with E-state index in [1.54, 1.807) is 34.6 Å². The molecule has 0 saturated heterocycles. The van der Waals surface area contributed by atoms with Crippen LogP contribution in [0, 0.1) is 154 Å². The van der Waals surface area contributed by atoms with Crippen LogP contribution in [0.1, 0.15) is 483 Å². The molecule has 0 aromatic heterocycles. The average Bonchev–Trinajstić information content (AvgIpc) is 0.893. The molecular formula is C109H239BF11O9. The van der Waals surface area contributed by atoms with Gasteiger partial charge in [-0.3, -0.25) is 0 Å². The van der Waals surface area contributed by atoms with Crippen LogP contribution in [0.15, 0.2) is 0 Å². The molecule has 13 fully saturated rings. The van der Waals surface area contributed by atoms with E-state index < -0.39 is 67.9 Å². The molecule has 0 aromatic rings. The predicted octanol–water partition coefficient (Wildman–Crippen LogP) is 32.1. The molecule has 809 valence electrons. The van der Waals surface area contributed by atoms with Gasteiger partial charge in [0.25, 0.3) is 0 Å². The molecule has 21 heteroatoms. The molecule has 0 amide bonds. The summed E-state index contributed by atoms with van der Waals surface area (Å²) in [5.41, 5.74) is 0. The topological polar surface area (TPSA) is 284 Å². The van der Waals surface area contributed by atoms with E-state index >= 15 is 0 Å². The minimum atomic E-state index is -1.22. The lowest BCUT2D eigenvalue weighted by Crippen LogP contribution is -2.35. The SMILES string of the molecule is C.C.C.C.C.CC1CC(F)C(C)C(F)C1.CC1CC(F)C(C)C(F)C1.CC1CC(F)C(C)C(F)C1.CC1CCC(C)C(F)C1.CC1CCC(C)C(F)C1.CC1CCC(C)C(F)C1.CC1CCC(C)C(F)C1F.CC1CCC(C)CC1.CC1CCC(C)CC1.CC1CCC(C)CC1.CC1CCC(C)CC1.CC1CCC(C)CC1.CC1CCC(C)CC1.O.O.O.O.O.O.O.O.O.[B].[HH].[HH]. The standard InChI is InChI=1S/4C8H14F2.3C8H15F.6C8H16.5CH4.B.9H2O.2H2/c3*1-5-3-7(9)6(2)8(10)4-5;1-5-3-4-6(2)8(10)7(5)9;3*1-6-3-4-7(2)8(9)5-6;6*1-7-3-5-8(2)6-4-7;;;;;;;;;;;;;;;;;/h4*5-8H,3-4H2,1-2H3;3*6-8H,3-5H2,1-2H3;6*7-8H,3-6H2,1-2H3;5*1H4;;9*1H2;2*1H. The van der Waals surface area contributed by atoms with Gasteiger partial charge in [0.2, 0.25) is 0 Å². The lowest BCUT2D eigenvalue weighted by atomic mass is 9.81. The van der Waals surface area contributed by atoms with Gasteiger partial charge in [-0.1, -0.05) is 391 Å². The zero-order valence-electron chi connectivity index (χ0n) is 85.6. The van der Waals surface area contributed by atoms with Gasteiger partial charge >= 0.3 is 0 Å². The third-order valence-corrected chi connectivity index (χ3v) is 30.6. The molecule has 9 nitrogen and oxygen atoms in total. The van der Waals surface area contributed by atoms with Gasteiger partial charge in [-0.25, -0.2) is 48.3 Å². The zero-order valence-corrected chi connectivity index (χ0v) is 85.6. The highest BCUT2D eigenvalue weighted by molar-refractivity contribution is 5.75. The van der Waals surface area contributed by atoms with Crippen LogP contribution < -0.4 is 0 Å². The minimum absolute atomic E-state index is 0. The molecule has 3 radical (unpaired) electrons. The molecule has 19 atom stereocenters. The molecule has 13 aliphatic carbocycles. The van der Waals surface area contributed by atoms with Crippen molar-refractivity contribution in [2.45, 2.75) is 548 Å². The quantitative estimate of drug-likeness (QED) is 0.162. The first-order valence-electron chi connectivity index (χ1n) is 49.8. The lowest BCUT2D eigenvalue weighted by molar-refractivity contribution is 0.0367. The third-order valence-electron chi connectivity index (χ3n) is 30.6. The Labute approximate surface area is 807 Å². The summed E-state index contributed by atoms with van der Waals surface area (Å²) in [5, 5.41) is 0. The Morgan fingerprint density at radius 2 is 0.223 bits per heavy atom. The average molecular weight is 1910 g/mol. The van der Waals surface area contributed by atoms with Gasteiger partial charge < -0.3 is 49.3 Å². The molecular weight excluding hydrogens is 1670 g/mol. The highest BCUT2D eigenvalue weighted by Gasteiger charge is 2.38. The summed E-state index contributed by atoms with van der Waals surface area (Å²) in [7, 11) is 0. The Hall–Kier alpha value is -1.07. The predicted molar refractivity (Wildman–Crippen MR) is 558 cm³/mol. The summed E-state index contributed by atoms with van der Waals surface area (Å²) >= 11 is 0. The molecule has 0 spiro atoms. The summed E-state index contributed by atoms with van der Waals surface area (Å²) in [5.74, 6) is 14.4. The second-order valence-corrected chi connectivity index (χ2v) is 44.2. The van der Waals surface area contributed by atoms with Crippen LogP contribution in [0.3, 0.4) is 0 Å². The van der Waals surface area contributed by atoms with Crippen LogP contribution in [0.4, 0.5) is 48.3 Å². The van der Waals surface area contributed by atoms with Gasteiger partial charge in [-0.05, 0) is 226 Å². The Bertz CT molecular complexity index is 1890. The normalized spacial score (nSPS) is 39.2. The van der Waals surface area contributed by atoms with E-state index in [2.05, 4.69) is 104 Å². The van der Waals surface area contributed by atoms with Gasteiger partial charge in [0.05, 0.1) is 0 Å². The van der Waals surface area contributed by atoms with Crippen LogP contribution in [0.5, 0.6) is 0 Å². The van der Waals surface area contributed by atoms with E-state index in [0.717, 1.165) is 122 Å². The summed E-state index contributed by atoms with van der Waals surface area (Å²) in [6.45, 7) is 55.1. The molecule has 18 N–H and O–H groups in total. The van der Waals surface area contributed by atoms with Crippen molar-refractivity contribution in [3.8, 4) is 0 Å². The zero-order chi connectivity index (χ0) is 87.4. The van der Waals surface area contributed by atoms with Crippen molar-refractivity contribution in [3.63, 3.8) is 0 Å². The number of alkyl halides is 11. The van der Waals surface area contributed by atoms with Crippen LogP contribution in [-0.4, -0.2) is 126 Å². The molecule has 0 bridgehead atoms. The molecule has 0 heterocycles. The maximum absolute atomic E-state index is 12.8. The molecule has 130 heavy (non-hydrogen) atoms. The minimum Gasteiger partial charge on any atom is -0.412 e. The monoisotopic (exact) mass is 1910 g/mol. The van der Waals surface area contributed by atoms with Crippen molar-refractivity contribution in [3.05, 3.63) is 0 Å². The highest BCUT2D eigenvalue weighted by atomic mass is 19.2. The fourth-order valence-electron chi connectivity index (χ4n) is 19.0. The number of rotatable bonds is 0. The van der Waals surface area contributed by atoms with Gasteiger partial charge in [0.1, 0.15) is 67.9 Å². The van der Waals surface area contributed by atoms with E-state index in [1.165, 1.54) is 173 Å². The number of hydrogen-bond acceptors (Lipinski definition) is 0. The second kappa shape index (κ2) is 90.5. The molecule has 13 aliphatic rings. The summed E-state index contributed by atoms with van der Waals surface area (Å²) < 4.78 is 141. The van der Waals surface area contributed by atoms with Crippen LogP contribution in [0.2, 0.25) is 0 Å². The molecule has 0 aromatic carbocycles. The van der Waals surface area contributed by atoms with E-state index in [1.807, 2.05) is 41.5 Å². The summed E-state index contributed by atoms with van der Waals surface area (Å²) in [6.07, 6.45) is 40.1.